The van der Waals surface area contributed by atoms with Crippen LogP contribution in [-0.2, 0) is 6.42 Å². The van der Waals surface area contributed by atoms with Crippen molar-refractivity contribution in [2.45, 2.75) is 64.7 Å². The maximum absolute atomic E-state index is 5.26. The van der Waals surface area contributed by atoms with Crippen LogP contribution in [0.4, 0.5) is 5.69 Å². The molecule has 2 N–H and O–H groups in total. The number of rotatable bonds is 10. The zero-order valence-corrected chi connectivity index (χ0v) is 12.3. The van der Waals surface area contributed by atoms with Crippen molar-refractivity contribution in [2.75, 3.05) is 0 Å². The van der Waals surface area contributed by atoms with Crippen LogP contribution in [0.15, 0.2) is 29.3 Å². The van der Waals surface area contributed by atoms with Gasteiger partial charge in [-0.05, 0) is 30.5 Å². The number of benzene rings is 1. The van der Waals surface area contributed by atoms with Crippen LogP contribution in [0.25, 0.3) is 0 Å². The molecular formula is C17H28N2. The van der Waals surface area contributed by atoms with Gasteiger partial charge in [-0.25, -0.2) is 4.99 Å². The van der Waals surface area contributed by atoms with Crippen LogP contribution < -0.4 is 5.73 Å². The maximum atomic E-state index is 5.26. The van der Waals surface area contributed by atoms with Crippen LogP contribution in [0.3, 0.4) is 0 Å². The Morgan fingerprint density at radius 1 is 0.895 bits per heavy atom. The molecule has 1 aromatic rings. The molecule has 0 spiro atoms. The lowest BCUT2D eigenvalue weighted by Gasteiger charge is -2.03. The van der Waals surface area contributed by atoms with Gasteiger partial charge in [-0.2, -0.15) is 0 Å². The van der Waals surface area contributed by atoms with Crippen molar-refractivity contribution < 1.29 is 0 Å². The first-order valence-electron chi connectivity index (χ1n) is 7.70. The van der Waals surface area contributed by atoms with Gasteiger partial charge in [-0.15, -0.1) is 0 Å². The summed E-state index contributed by atoms with van der Waals surface area (Å²) in [6.45, 7) is 2.27. The molecule has 0 aliphatic heterocycles. The summed E-state index contributed by atoms with van der Waals surface area (Å²) < 4.78 is 0. The Morgan fingerprint density at radius 3 is 2.05 bits per heavy atom. The van der Waals surface area contributed by atoms with Crippen molar-refractivity contribution in [1.82, 2.24) is 0 Å². The summed E-state index contributed by atoms with van der Waals surface area (Å²) in [5.41, 5.74) is 7.60. The molecule has 0 saturated carbocycles. The third kappa shape index (κ3) is 7.66. The van der Waals surface area contributed by atoms with Gasteiger partial charge >= 0.3 is 0 Å². The van der Waals surface area contributed by atoms with E-state index in [1.807, 2.05) is 12.1 Å². The number of hydrogen-bond donors (Lipinski definition) is 1. The highest BCUT2D eigenvalue weighted by atomic mass is 14.8. The molecule has 2 heteroatoms. The van der Waals surface area contributed by atoms with E-state index in [2.05, 4.69) is 24.0 Å². The third-order valence-corrected chi connectivity index (χ3v) is 3.48. The van der Waals surface area contributed by atoms with Gasteiger partial charge in [-0.3, -0.25) is 0 Å². The average Bonchev–Trinajstić information content (AvgIpc) is 2.44. The second-order valence-electron chi connectivity index (χ2n) is 5.17. The predicted octanol–water partition coefficient (Wildman–Crippen LogP) is 4.99. The second-order valence-corrected chi connectivity index (χ2v) is 5.17. The van der Waals surface area contributed by atoms with Crippen molar-refractivity contribution in [3.8, 4) is 0 Å². The normalized spacial score (nSPS) is 11.2. The highest BCUT2D eigenvalue weighted by Gasteiger charge is 1.95. The number of unbranched alkanes of at least 4 members (excludes halogenated alkanes) is 7. The van der Waals surface area contributed by atoms with Gasteiger partial charge < -0.3 is 5.73 Å². The van der Waals surface area contributed by atoms with Gasteiger partial charge in [0.2, 0.25) is 0 Å². The Kier molecular flexibility index (Phi) is 8.78. The molecule has 0 saturated heterocycles. The van der Waals surface area contributed by atoms with Crippen LogP contribution in [0, 0.1) is 0 Å². The van der Waals surface area contributed by atoms with E-state index in [-0.39, 0.29) is 0 Å². The molecule has 0 aliphatic carbocycles. The lowest BCUT2D eigenvalue weighted by atomic mass is 10.0. The van der Waals surface area contributed by atoms with Gasteiger partial charge in [0, 0.05) is 0 Å². The first-order valence-corrected chi connectivity index (χ1v) is 7.70. The SMILES string of the molecule is CCCCCCCCCCc1ccc(N=CN)cc1. The number of nitrogens with two attached hydrogens (primary N) is 1. The third-order valence-electron chi connectivity index (χ3n) is 3.48. The molecule has 106 valence electrons. The monoisotopic (exact) mass is 260 g/mol. The maximum Gasteiger partial charge on any atom is 0.0860 e. The predicted molar refractivity (Wildman–Crippen MR) is 85.1 cm³/mol. The van der Waals surface area contributed by atoms with E-state index in [0.29, 0.717) is 0 Å². The average molecular weight is 260 g/mol. The highest BCUT2D eigenvalue weighted by molar-refractivity contribution is 5.58. The van der Waals surface area contributed by atoms with E-state index in [4.69, 9.17) is 5.73 Å². The largest absolute Gasteiger partial charge is 0.390 e. The van der Waals surface area contributed by atoms with Gasteiger partial charge in [0.25, 0.3) is 0 Å². The van der Waals surface area contributed by atoms with Gasteiger partial charge in [-0.1, -0.05) is 64.0 Å². The first kappa shape index (κ1) is 15.7. The molecular weight excluding hydrogens is 232 g/mol. The van der Waals surface area contributed by atoms with Crippen molar-refractivity contribution in [2.24, 2.45) is 10.7 Å². The minimum Gasteiger partial charge on any atom is -0.390 e. The molecule has 0 bridgehead atoms. The topological polar surface area (TPSA) is 38.4 Å². The minimum absolute atomic E-state index is 0.933. The summed E-state index contributed by atoms with van der Waals surface area (Å²) in [6.07, 6.45) is 13.5. The molecule has 1 rings (SSSR count). The quantitative estimate of drug-likeness (QED) is 0.359. The summed E-state index contributed by atoms with van der Waals surface area (Å²) >= 11 is 0. The molecule has 2 nitrogen and oxygen atoms in total. The molecule has 0 heterocycles. The Bertz CT molecular complexity index is 341. The smallest absolute Gasteiger partial charge is 0.0860 e. The van der Waals surface area contributed by atoms with Gasteiger partial charge in [0.15, 0.2) is 0 Å². The van der Waals surface area contributed by atoms with E-state index in [0.717, 1.165) is 5.69 Å². The molecule has 0 fully saturated rings. The molecule has 0 aliphatic rings. The number of nitrogens with zero attached hydrogens (tertiary/aromatic N) is 1. The fraction of sp³-hybridized carbons (Fsp3) is 0.588. The van der Waals surface area contributed by atoms with Gasteiger partial charge in [0.1, 0.15) is 0 Å². The standard InChI is InChI=1S/C17H28N2/c1-2-3-4-5-6-7-8-9-10-16-11-13-17(14-12-16)19-15-18/h11-15H,2-10H2,1H3,(H2,18,19). The van der Waals surface area contributed by atoms with Crippen LogP contribution in [-0.4, -0.2) is 6.34 Å². The zero-order valence-electron chi connectivity index (χ0n) is 12.3. The molecule has 0 aromatic heterocycles. The van der Waals surface area contributed by atoms with Crippen LogP contribution >= 0.6 is 0 Å². The molecule has 0 atom stereocenters. The van der Waals surface area contributed by atoms with E-state index in [1.165, 1.54) is 69.7 Å². The van der Waals surface area contributed by atoms with E-state index in [9.17, 15) is 0 Å². The number of aryl methyl sites for hydroxylation is 1. The summed E-state index contributed by atoms with van der Waals surface area (Å²) in [4.78, 5) is 4.05. The Balaban J connectivity index is 2.06. The zero-order chi connectivity index (χ0) is 13.8. The second kappa shape index (κ2) is 10.6. The molecule has 0 unspecified atom stereocenters. The van der Waals surface area contributed by atoms with Gasteiger partial charge in [0.05, 0.1) is 12.0 Å². The van der Waals surface area contributed by atoms with Crippen molar-refractivity contribution in [1.29, 1.82) is 0 Å². The Labute approximate surface area is 118 Å². The number of hydrogen-bond acceptors (Lipinski definition) is 1. The van der Waals surface area contributed by atoms with Crippen LogP contribution in [0.2, 0.25) is 0 Å². The number of aliphatic imine (C=N–C) groups is 1. The van der Waals surface area contributed by atoms with E-state index >= 15 is 0 Å². The summed E-state index contributed by atoms with van der Waals surface area (Å²) in [5, 5.41) is 0. The lowest BCUT2D eigenvalue weighted by Crippen LogP contribution is -1.88. The molecule has 19 heavy (non-hydrogen) atoms. The fourth-order valence-corrected chi connectivity index (χ4v) is 2.30. The first-order chi connectivity index (χ1) is 9.36. The van der Waals surface area contributed by atoms with Crippen molar-refractivity contribution in [3.05, 3.63) is 29.8 Å². The lowest BCUT2D eigenvalue weighted by molar-refractivity contribution is 0.575. The fourth-order valence-electron chi connectivity index (χ4n) is 2.30. The molecule has 1 aromatic carbocycles. The highest BCUT2D eigenvalue weighted by Crippen LogP contribution is 2.15. The molecule has 0 radical (unpaired) electrons. The van der Waals surface area contributed by atoms with Crippen LogP contribution in [0.1, 0.15) is 63.9 Å². The summed E-state index contributed by atoms with van der Waals surface area (Å²) in [5.74, 6) is 0. The van der Waals surface area contributed by atoms with Crippen LogP contribution in [0.5, 0.6) is 0 Å². The Morgan fingerprint density at radius 2 is 1.47 bits per heavy atom. The summed E-state index contributed by atoms with van der Waals surface area (Å²) in [6, 6.07) is 8.38. The summed E-state index contributed by atoms with van der Waals surface area (Å²) in [7, 11) is 0. The Hall–Kier alpha value is -1.31. The van der Waals surface area contributed by atoms with Crippen molar-refractivity contribution >= 4 is 12.0 Å². The minimum atomic E-state index is 0.933. The molecule has 0 amide bonds. The van der Waals surface area contributed by atoms with E-state index < -0.39 is 0 Å². The van der Waals surface area contributed by atoms with Crippen molar-refractivity contribution in [3.63, 3.8) is 0 Å². The van der Waals surface area contributed by atoms with E-state index in [1.54, 1.807) is 0 Å².